The Morgan fingerprint density at radius 1 is 1.00 bits per heavy atom. The zero-order valence-corrected chi connectivity index (χ0v) is 12.8. The molecule has 0 fully saturated rings. The Balaban J connectivity index is 2.27. The third-order valence-electron chi connectivity index (χ3n) is 3.90. The van der Waals surface area contributed by atoms with Crippen molar-refractivity contribution in [2.75, 3.05) is 0 Å². The number of allylic oxidation sites excluding steroid dienone is 1. The number of Topliss-reactive ketones (excluding diaryl/α,β-unsaturated/α-hetero) is 1. The van der Waals surface area contributed by atoms with E-state index < -0.39 is 6.17 Å². The minimum absolute atomic E-state index is 0.0827. The SMILES string of the molecule is C=C(C(=O)CC)[C@@H](F)CC(c1ccccc1)c1ccccc1. The van der Waals surface area contributed by atoms with E-state index in [1.807, 2.05) is 60.7 Å². The molecule has 0 aliphatic heterocycles. The van der Waals surface area contributed by atoms with Crippen LogP contribution in [0.25, 0.3) is 0 Å². The molecule has 1 nitrogen and oxygen atoms in total. The summed E-state index contributed by atoms with van der Waals surface area (Å²) in [7, 11) is 0. The number of benzene rings is 2. The first kappa shape index (κ1) is 16.2. The van der Waals surface area contributed by atoms with Crippen molar-refractivity contribution in [1.29, 1.82) is 0 Å². The Morgan fingerprint density at radius 2 is 1.45 bits per heavy atom. The Hall–Kier alpha value is -2.22. The lowest BCUT2D eigenvalue weighted by Crippen LogP contribution is -2.16. The minimum Gasteiger partial charge on any atom is -0.294 e. The van der Waals surface area contributed by atoms with Crippen molar-refractivity contribution < 1.29 is 9.18 Å². The van der Waals surface area contributed by atoms with Gasteiger partial charge in [0.05, 0.1) is 0 Å². The van der Waals surface area contributed by atoms with Gasteiger partial charge in [0.2, 0.25) is 0 Å². The van der Waals surface area contributed by atoms with Gasteiger partial charge in [0.15, 0.2) is 5.78 Å². The van der Waals surface area contributed by atoms with Gasteiger partial charge in [0.25, 0.3) is 0 Å². The number of alkyl halides is 1. The number of ketones is 1. The summed E-state index contributed by atoms with van der Waals surface area (Å²) in [5.74, 6) is -0.286. The molecule has 22 heavy (non-hydrogen) atoms. The first-order valence-electron chi connectivity index (χ1n) is 7.59. The molecule has 2 aromatic carbocycles. The van der Waals surface area contributed by atoms with Gasteiger partial charge >= 0.3 is 0 Å². The molecule has 0 amide bonds. The van der Waals surface area contributed by atoms with Crippen LogP contribution in [0.5, 0.6) is 0 Å². The molecule has 0 radical (unpaired) electrons. The van der Waals surface area contributed by atoms with Crippen LogP contribution in [-0.2, 0) is 4.79 Å². The standard InChI is InChI=1S/C20H21FO/c1-3-20(22)15(2)19(21)14-18(16-10-6-4-7-11-16)17-12-8-5-9-13-17/h4-13,18-19H,2-3,14H2,1H3/t19-/m0/s1. The Morgan fingerprint density at radius 3 is 1.86 bits per heavy atom. The highest BCUT2D eigenvalue weighted by molar-refractivity contribution is 5.95. The Labute approximate surface area is 131 Å². The van der Waals surface area contributed by atoms with Crippen LogP contribution in [0.1, 0.15) is 36.8 Å². The maximum atomic E-state index is 14.5. The van der Waals surface area contributed by atoms with Gasteiger partial charge in [-0.05, 0) is 17.5 Å². The van der Waals surface area contributed by atoms with Gasteiger partial charge < -0.3 is 0 Å². The van der Waals surface area contributed by atoms with Crippen molar-refractivity contribution in [3.05, 3.63) is 83.9 Å². The topological polar surface area (TPSA) is 17.1 Å². The second-order valence-electron chi connectivity index (χ2n) is 5.38. The predicted octanol–water partition coefficient (Wildman–Crippen LogP) is 5.08. The number of hydrogen-bond acceptors (Lipinski definition) is 1. The van der Waals surface area contributed by atoms with Crippen LogP contribution in [0.3, 0.4) is 0 Å². The lowest BCUT2D eigenvalue weighted by Gasteiger charge is -2.21. The minimum atomic E-state index is -1.32. The van der Waals surface area contributed by atoms with Crippen LogP contribution in [-0.4, -0.2) is 12.0 Å². The number of carbonyl (C=O) groups is 1. The van der Waals surface area contributed by atoms with Crippen LogP contribution in [0.4, 0.5) is 4.39 Å². The lowest BCUT2D eigenvalue weighted by atomic mass is 9.85. The van der Waals surface area contributed by atoms with Crippen molar-refractivity contribution in [3.63, 3.8) is 0 Å². The summed E-state index contributed by atoms with van der Waals surface area (Å²) in [6.07, 6.45) is -0.794. The van der Waals surface area contributed by atoms with Crippen molar-refractivity contribution in [3.8, 4) is 0 Å². The summed E-state index contributed by atoms with van der Waals surface area (Å²) in [5, 5.41) is 0. The van der Waals surface area contributed by atoms with Gasteiger partial charge in [-0.3, -0.25) is 4.79 Å². The third kappa shape index (κ3) is 3.91. The van der Waals surface area contributed by atoms with Gasteiger partial charge in [-0.2, -0.15) is 0 Å². The van der Waals surface area contributed by atoms with Crippen LogP contribution in [0.15, 0.2) is 72.8 Å². The van der Waals surface area contributed by atoms with E-state index in [0.29, 0.717) is 6.42 Å². The second-order valence-corrected chi connectivity index (χ2v) is 5.38. The zero-order valence-electron chi connectivity index (χ0n) is 12.8. The molecule has 0 N–H and O–H groups in total. The molecule has 0 heterocycles. The molecule has 0 aromatic heterocycles. The predicted molar refractivity (Wildman–Crippen MR) is 88.7 cm³/mol. The molecule has 0 saturated heterocycles. The fourth-order valence-electron chi connectivity index (χ4n) is 2.59. The van der Waals surface area contributed by atoms with E-state index in [1.165, 1.54) is 0 Å². The highest BCUT2D eigenvalue weighted by atomic mass is 19.1. The zero-order chi connectivity index (χ0) is 15.9. The molecule has 2 aromatic rings. The van der Waals surface area contributed by atoms with Gasteiger partial charge in [-0.15, -0.1) is 0 Å². The third-order valence-corrected chi connectivity index (χ3v) is 3.90. The quantitative estimate of drug-likeness (QED) is 0.651. The van der Waals surface area contributed by atoms with E-state index in [-0.39, 0.29) is 23.7 Å². The van der Waals surface area contributed by atoms with Crippen molar-refractivity contribution in [2.45, 2.75) is 31.9 Å². The summed E-state index contributed by atoms with van der Waals surface area (Å²) >= 11 is 0. The average molecular weight is 296 g/mol. The van der Waals surface area contributed by atoms with E-state index >= 15 is 0 Å². The van der Waals surface area contributed by atoms with E-state index in [2.05, 4.69) is 6.58 Å². The molecule has 0 spiro atoms. The monoisotopic (exact) mass is 296 g/mol. The Kier molecular flexibility index (Phi) is 5.65. The molecule has 1 atom stereocenters. The highest BCUT2D eigenvalue weighted by Gasteiger charge is 2.23. The van der Waals surface area contributed by atoms with E-state index in [1.54, 1.807) is 6.92 Å². The van der Waals surface area contributed by atoms with Gasteiger partial charge in [0, 0.05) is 17.9 Å². The number of hydrogen-bond donors (Lipinski definition) is 0. The first-order chi connectivity index (χ1) is 10.6. The smallest absolute Gasteiger partial charge is 0.160 e. The molecule has 2 rings (SSSR count). The van der Waals surface area contributed by atoms with Crippen molar-refractivity contribution in [1.82, 2.24) is 0 Å². The van der Waals surface area contributed by atoms with Crippen LogP contribution >= 0.6 is 0 Å². The fraction of sp³-hybridized carbons (Fsp3) is 0.250. The largest absolute Gasteiger partial charge is 0.294 e. The normalized spacial score (nSPS) is 12.1. The summed E-state index contributed by atoms with van der Waals surface area (Å²) < 4.78 is 14.5. The molecule has 0 bridgehead atoms. The number of rotatable bonds is 7. The van der Waals surface area contributed by atoms with Gasteiger partial charge in [-0.1, -0.05) is 74.2 Å². The summed E-state index contributed by atoms with van der Waals surface area (Å²) in [6.45, 7) is 5.37. The Bertz CT molecular complexity index is 579. The highest BCUT2D eigenvalue weighted by Crippen LogP contribution is 2.31. The average Bonchev–Trinajstić information content (AvgIpc) is 2.59. The number of carbonyl (C=O) groups excluding carboxylic acids is 1. The molecule has 0 saturated carbocycles. The van der Waals surface area contributed by atoms with Gasteiger partial charge in [-0.25, -0.2) is 4.39 Å². The van der Waals surface area contributed by atoms with Gasteiger partial charge in [0.1, 0.15) is 6.17 Å². The van der Waals surface area contributed by atoms with E-state index in [9.17, 15) is 9.18 Å². The van der Waals surface area contributed by atoms with Crippen molar-refractivity contribution >= 4 is 5.78 Å². The second kappa shape index (κ2) is 7.69. The maximum absolute atomic E-state index is 14.5. The summed E-state index contributed by atoms with van der Waals surface area (Å²) in [4.78, 5) is 11.7. The van der Waals surface area contributed by atoms with Crippen LogP contribution < -0.4 is 0 Å². The molecule has 0 unspecified atom stereocenters. The molecule has 2 heteroatoms. The van der Waals surface area contributed by atoms with Crippen LogP contribution in [0, 0.1) is 0 Å². The first-order valence-corrected chi connectivity index (χ1v) is 7.59. The van der Waals surface area contributed by atoms with E-state index in [0.717, 1.165) is 11.1 Å². The molecule has 114 valence electrons. The van der Waals surface area contributed by atoms with Crippen molar-refractivity contribution in [2.24, 2.45) is 0 Å². The molecule has 0 aliphatic carbocycles. The molecular formula is C20H21FO. The van der Waals surface area contributed by atoms with Crippen LogP contribution in [0.2, 0.25) is 0 Å². The fourth-order valence-corrected chi connectivity index (χ4v) is 2.59. The molecular weight excluding hydrogens is 275 g/mol. The summed E-state index contributed by atoms with van der Waals surface area (Å²) in [5.41, 5.74) is 2.18. The maximum Gasteiger partial charge on any atom is 0.160 e. The number of halogens is 1. The molecule has 0 aliphatic rings. The lowest BCUT2D eigenvalue weighted by molar-refractivity contribution is -0.115. The summed E-state index contributed by atoms with van der Waals surface area (Å²) in [6, 6.07) is 19.7. The van der Waals surface area contributed by atoms with E-state index in [4.69, 9.17) is 0 Å².